The van der Waals surface area contributed by atoms with Crippen LogP contribution in [0.1, 0.15) is 5.69 Å². The molecule has 5 nitrogen and oxygen atoms in total. The van der Waals surface area contributed by atoms with E-state index >= 15 is 0 Å². The summed E-state index contributed by atoms with van der Waals surface area (Å²) in [6.45, 7) is 0.456. The zero-order valence-electron chi connectivity index (χ0n) is 8.46. The first kappa shape index (κ1) is 9.55. The second-order valence-electron chi connectivity index (χ2n) is 3.29. The van der Waals surface area contributed by atoms with Gasteiger partial charge in [0.15, 0.2) is 0 Å². The molecule has 2 aromatic rings. The summed E-state index contributed by atoms with van der Waals surface area (Å²) in [6.07, 6.45) is 0.686. The third-order valence-electron chi connectivity index (χ3n) is 2.35. The largest absolute Gasteiger partial charge is 0.268 e. The highest BCUT2D eigenvalue weighted by molar-refractivity contribution is 5.81. The lowest BCUT2D eigenvalue weighted by atomic mass is 10.2. The summed E-state index contributed by atoms with van der Waals surface area (Å²) in [5, 5.41) is 9.04. The van der Waals surface area contributed by atoms with Gasteiger partial charge in [0.2, 0.25) is 0 Å². The van der Waals surface area contributed by atoms with Crippen molar-refractivity contribution in [2.24, 2.45) is 12.2 Å². The predicted octanol–water partition coefficient (Wildman–Crippen LogP) is 2.43. The summed E-state index contributed by atoms with van der Waals surface area (Å²) in [4.78, 5) is 2.73. The number of azide groups is 1. The Labute approximate surface area is 86.9 Å². The molecule has 0 aliphatic heterocycles. The van der Waals surface area contributed by atoms with E-state index in [0.29, 0.717) is 13.0 Å². The standard InChI is InChI=1S/C10H11N5/c1-15-10-5-3-2-4-8(10)9(13-15)6-7-12-14-11/h2-5H,6-7H2,1H3. The number of hydrogen-bond acceptors (Lipinski definition) is 2. The van der Waals surface area contributed by atoms with Gasteiger partial charge < -0.3 is 0 Å². The smallest absolute Gasteiger partial charge is 0.0704 e. The van der Waals surface area contributed by atoms with E-state index in [2.05, 4.69) is 15.1 Å². The van der Waals surface area contributed by atoms with Gasteiger partial charge in [-0.15, -0.1) is 0 Å². The lowest BCUT2D eigenvalue weighted by molar-refractivity contribution is 0.760. The zero-order valence-corrected chi connectivity index (χ0v) is 8.46. The third kappa shape index (κ3) is 1.78. The van der Waals surface area contributed by atoms with Crippen LogP contribution in [0.5, 0.6) is 0 Å². The Kier molecular flexibility index (Phi) is 2.56. The minimum absolute atomic E-state index is 0.456. The second-order valence-corrected chi connectivity index (χ2v) is 3.29. The predicted molar refractivity (Wildman–Crippen MR) is 58.4 cm³/mol. The van der Waals surface area contributed by atoms with Crippen LogP contribution in [-0.2, 0) is 13.5 Å². The lowest BCUT2D eigenvalue weighted by Crippen LogP contribution is -1.93. The number of rotatable bonds is 3. The number of nitrogens with zero attached hydrogens (tertiary/aromatic N) is 5. The fraction of sp³-hybridized carbons (Fsp3) is 0.300. The molecule has 15 heavy (non-hydrogen) atoms. The minimum atomic E-state index is 0.456. The minimum Gasteiger partial charge on any atom is -0.268 e. The van der Waals surface area contributed by atoms with Crippen molar-refractivity contribution in [1.82, 2.24) is 9.78 Å². The Balaban J connectivity index is 2.39. The number of hydrogen-bond donors (Lipinski definition) is 0. The molecule has 0 saturated carbocycles. The summed E-state index contributed by atoms with van der Waals surface area (Å²) in [5.74, 6) is 0. The van der Waals surface area contributed by atoms with Crippen molar-refractivity contribution in [3.8, 4) is 0 Å². The van der Waals surface area contributed by atoms with Crippen molar-refractivity contribution in [3.05, 3.63) is 40.4 Å². The van der Waals surface area contributed by atoms with E-state index in [9.17, 15) is 0 Å². The quantitative estimate of drug-likeness (QED) is 0.427. The van der Waals surface area contributed by atoms with Crippen molar-refractivity contribution >= 4 is 10.9 Å². The number of fused-ring (bicyclic) bond motifs is 1. The van der Waals surface area contributed by atoms with Gasteiger partial charge in [0.1, 0.15) is 0 Å². The maximum Gasteiger partial charge on any atom is 0.0704 e. The Bertz CT molecular complexity index is 522. The van der Waals surface area contributed by atoms with Crippen LogP contribution < -0.4 is 0 Å². The van der Waals surface area contributed by atoms with Crippen LogP contribution in [0.25, 0.3) is 21.3 Å². The highest BCUT2D eigenvalue weighted by Crippen LogP contribution is 2.17. The maximum absolute atomic E-state index is 8.20. The molecule has 1 heterocycles. The summed E-state index contributed by atoms with van der Waals surface area (Å²) < 4.78 is 1.85. The maximum atomic E-state index is 8.20. The molecule has 0 unspecified atom stereocenters. The molecule has 0 aliphatic rings. The molecule has 0 N–H and O–H groups in total. The SMILES string of the molecule is Cn1nc(CCN=[N+]=[N-])c2ccccc21. The van der Waals surface area contributed by atoms with Gasteiger partial charge in [-0.2, -0.15) is 5.10 Å². The van der Waals surface area contributed by atoms with Gasteiger partial charge in [-0.05, 0) is 18.0 Å². The van der Waals surface area contributed by atoms with E-state index < -0.39 is 0 Å². The molecule has 1 aromatic heterocycles. The van der Waals surface area contributed by atoms with Gasteiger partial charge in [-0.3, -0.25) is 4.68 Å². The molecule has 0 atom stereocenters. The monoisotopic (exact) mass is 201 g/mol. The molecular formula is C10H11N5. The number of aromatic nitrogens is 2. The van der Waals surface area contributed by atoms with Gasteiger partial charge in [0.05, 0.1) is 11.2 Å². The molecule has 0 radical (unpaired) electrons. The van der Waals surface area contributed by atoms with Crippen molar-refractivity contribution in [3.63, 3.8) is 0 Å². The number of para-hydroxylation sites is 1. The molecule has 0 aliphatic carbocycles. The zero-order chi connectivity index (χ0) is 10.7. The van der Waals surface area contributed by atoms with Crippen LogP contribution >= 0.6 is 0 Å². The molecule has 5 heteroatoms. The van der Waals surface area contributed by atoms with E-state index in [1.165, 1.54) is 0 Å². The summed E-state index contributed by atoms with van der Waals surface area (Å²) >= 11 is 0. The number of aryl methyl sites for hydroxylation is 1. The molecule has 0 amide bonds. The Morgan fingerprint density at radius 3 is 3.07 bits per heavy atom. The second kappa shape index (κ2) is 4.02. The van der Waals surface area contributed by atoms with Crippen molar-refractivity contribution in [2.75, 3.05) is 6.54 Å². The first-order valence-electron chi connectivity index (χ1n) is 4.74. The van der Waals surface area contributed by atoms with E-state index in [1.54, 1.807) is 0 Å². The van der Waals surface area contributed by atoms with Crippen LogP contribution in [0.15, 0.2) is 29.4 Å². The van der Waals surface area contributed by atoms with E-state index in [0.717, 1.165) is 16.6 Å². The average molecular weight is 201 g/mol. The Morgan fingerprint density at radius 2 is 2.27 bits per heavy atom. The molecular weight excluding hydrogens is 190 g/mol. The van der Waals surface area contributed by atoms with Crippen molar-refractivity contribution < 1.29 is 0 Å². The van der Waals surface area contributed by atoms with Gasteiger partial charge in [0.25, 0.3) is 0 Å². The average Bonchev–Trinajstić information content (AvgIpc) is 2.58. The third-order valence-corrected chi connectivity index (χ3v) is 2.35. The van der Waals surface area contributed by atoms with Crippen molar-refractivity contribution in [1.29, 1.82) is 0 Å². The van der Waals surface area contributed by atoms with Crippen LogP contribution in [0.2, 0.25) is 0 Å². The molecule has 0 fully saturated rings. The van der Waals surface area contributed by atoms with Crippen LogP contribution in [0.4, 0.5) is 0 Å². The summed E-state index contributed by atoms with van der Waals surface area (Å²) in [6, 6.07) is 8.04. The van der Waals surface area contributed by atoms with Crippen molar-refractivity contribution in [2.45, 2.75) is 6.42 Å². The highest BCUT2D eigenvalue weighted by atomic mass is 15.3. The van der Waals surface area contributed by atoms with E-state index in [-0.39, 0.29) is 0 Å². The first-order valence-corrected chi connectivity index (χ1v) is 4.74. The fourth-order valence-corrected chi connectivity index (χ4v) is 1.67. The molecule has 0 bridgehead atoms. The highest BCUT2D eigenvalue weighted by Gasteiger charge is 2.06. The molecule has 0 spiro atoms. The van der Waals surface area contributed by atoms with Gasteiger partial charge in [-0.25, -0.2) is 0 Å². The normalized spacial score (nSPS) is 10.2. The van der Waals surface area contributed by atoms with Crippen LogP contribution in [0.3, 0.4) is 0 Å². The fourth-order valence-electron chi connectivity index (χ4n) is 1.67. The Hall–Kier alpha value is -2.00. The van der Waals surface area contributed by atoms with Gasteiger partial charge >= 0.3 is 0 Å². The lowest BCUT2D eigenvalue weighted by Gasteiger charge is -1.91. The topological polar surface area (TPSA) is 66.6 Å². The first-order chi connectivity index (χ1) is 7.33. The van der Waals surface area contributed by atoms with Crippen LogP contribution in [-0.4, -0.2) is 16.3 Å². The molecule has 76 valence electrons. The molecule has 0 saturated heterocycles. The van der Waals surface area contributed by atoms with E-state index in [1.807, 2.05) is 36.0 Å². The van der Waals surface area contributed by atoms with Crippen LogP contribution in [0, 0.1) is 0 Å². The number of benzene rings is 1. The molecule has 1 aromatic carbocycles. The van der Waals surface area contributed by atoms with Gasteiger partial charge in [0, 0.05) is 23.9 Å². The Morgan fingerprint density at radius 1 is 1.47 bits per heavy atom. The summed E-state index contributed by atoms with van der Waals surface area (Å²) in [7, 11) is 1.92. The van der Waals surface area contributed by atoms with E-state index in [4.69, 9.17) is 5.53 Å². The molecule has 2 rings (SSSR count). The summed E-state index contributed by atoms with van der Waals surface area (Å²) in [5.41, 5.74) is 10.3. The van der Waals surface area contributed by atoms with Gasteiger partial charge in [-0.1, -0.05) is 23.3 Å².